The van der Waals surface area contributed by atoms with Crippen LogP contribution >= 0.6 is 0 Å². The molecule has 0 spiro atoms. The fourth-order valence-electron chi connectivity index (χ4n) is 1.63. The van der Waals surface area contributed by atoms with Gasteiger partial charge in [-0.2, -0.15) is 0 Å². The number of carbonyl (C=O) groups excluding carboxylic acids is 1. The van der Waals surface area contributed by atoms with E-state index >= 15 is 0 Å². The Labute approximate surface area is 94.3 Å². The predicted octanol–water partition coefficient (Wildman–Crippen LogP) is 2.82. The van der Waals surface area contributed by atoms with E-state index in [0.717, 1.165) is 18.1 Å². The molecular formula is C11H24O3Si. The molecule has 0 saturated carbocycles. The zero-order valence-electron chi connectivity index (χ0n) is 10.6. The van der Waals surface area contributed by atoms with Crippen molar-refractivity contribution in [3.8, 4) is 0 Å². The van der Waals surface area contributed by atoms with Gasteiger partial charge in [0.2, 0.25) is 0 Å². The van der Waals surface area contributed by atoms with Gasteiger partial charge in [0.15, 0.2) is 8.32 Å². The summed E-state index contributed by atoms with van der Waals surface area (Å²) >= 11 is 0. The largest absolute Gasteiger partial charge is 0.469 e. The average molecular weight is 232 g/mol. The van der Waals surface area contributed by atoms with Crippen LogP contribution in [0.25, 0.3) is 0 Å². The summed E-state index contributed by atoms with van der Waals surface area (Å²) < 4.78 is 10.7. The third-order valence-corrected chi connectivity index (χ3v) is 7.82. The monoisotopic (exact) mass is 232 g/mol. The highest BCUT2D eigenvalue weighted by atomic mass is 28.4. The van der Waals surface area contributed by atoms with Crippen LogP contribution < -0.4 is 0 Å². The molecule has 0 aliphatic rings. The third-order valence-electron chi connectivity index (χ3n) is 3.18. The molecule has 0 aliphatic carbocycles. The van der Waals surface area contributed by atoms with Crippen molar-refractivity contribution in [3.63, 3.8) is 0 Å². The van der Waals surface area contributed by atoms with Crippen molar-refractivity contribution >= 4 is 14.3 Å². The molecule has 4 heteroatoms. The molecule has 3 nitrogen and oxygen atoms in total. The SMILES string of the molecule is CC[Si](CC)(CC)OC[C@@H](C)C(=O)OC. The van der Waals surface area contributed by atoms with E-state index in [1.807, 2.05) is 6.92 Å². The predicted molar refractivity (Wildman–Crippen MR) is 64.3 cm³/mol. The lowest BCUT2D eigenvalue weighted by Crippen LogP contribution is -2.38. The van der Waals surface area contributed by atoms with Crippen LogP contribution in [0.15, 0.2) is 0 Å². The minimum absolute atomic E-state index is 0.147. The first-order chi connectivity index (χ1) is 7.05. The highest BCUT2D eigenvalue weighted by Crippen LogP contribution is 2.22. The van der Waals surface area contributed by atoms with Crippen LogP contribution in [0.4, 0.5) is 0 Å². The van der Waals surface area contributed by atoms with E-state index in [4.69, 9.17) is 4.43 Å². The van der Waals surface area contributed by atoms with E-state index in [1.165, 1.54) is 7.11 Å². The lowest BCUT2D eigenvalue weighted by molar-refractivity contribution is -0.145. The zero-order valence-corrected chi connectivity index (χ0v) is 11.6. The highest BCUT2D eigenvalue weighted by molar-refractivity contribution is 6.73. The molecular weight excluding hydrogens is 208 g/mol. The second-order valence-electron chi connectivity index (χ2n) is 3.98. The van der Waals surface area contributed by atoms with Crippen molar-refractivity contribution in [2.75, 3.05) is 13.7 Å². The number of hydrogen-bond donors (Lipinski definition) is 0. The van der Waals surface area contributed by atoms with E-state index in [-0.39, 0.29) is 11.9 Å². The van der Waals surface area contributed by atoms with Crippen LogP contribution in [0.3, 0.4) is 0 Å². The van der Waals surface area contributed by atoms with Crippen molar-refractivity contribution in [3.05, 3.63) is 0 Å². The lowest BCUT2D eigenvalue weighted by atomic mass is 10.2. The van der Waals surface area contributed by atoms with Crippen molar-refractivity contribution in [2.45, 2.75) is 45.8 Å². The zero-order chi connectivity index (χ0) is 11.9. The van der Waals surface area contributed by atoms with Gasteiger partial charge < -0.3 is 9.16 Å². The molecule has 0 bridgehead atoms. The summed E-state index contributed by atoms with van der Waals surface area (Å²) in [5.74, 6) is -0.326. The van der Waals surface area contributed by atoms with Gasteiger partial charge in [0, 0.05) is 6.61 Å². The molecule has 0 amide bonds. The van der Waals surface area contributed by atoms with Gasteiger partial charge in [0.05, 0.1) is 13.0 Å². The third kappa shape index (κ3) is 4.34. The topological polar surface area (TPSA) is 35.5 Å². The molecule has 0 aromatic carbocycles. The fourth-order valence-corrected chi connectivity index (χ4v) is 4.34. The molecule has 1 atom stereocenters. The summed E-state index contributed by atoms with van der Waals surface area (Å²) in [6.07, 6.45) is 0. The maximum absolute atomic E-state index is 11.2. The molecule has 15 heavy (non-hydrogen) atoms. The molecule has 0 fully saturated rings. The Morgan fingerprint density at radius 3 is 2.00 bits per heavy atom. The van der Waals surface area contributed by atoms with Gasteiger partial charge in [-0.3, -0.25) is 4.79 Å². The van der Waals surface area contributed by atoms with E-state index in [0.29, 0.717) is 6.61 Å². The molecule has 0 aliphatic heterocycles. The van der Waals surface area contributed by atoms with Gasteiger partial charge in [-0.1, -0.05) is 20.8 Å². The number of hydrogen-bond acceptors (Lipinski definition) is 3. The van der Waals surface area contributed by atoms with Crippen LogP contribution in [0.1, 0.15) is 27.7 Å². The Balaban J connectivity index is 4.16. The van der Waals surface area contributed by atoms with Crippen LogP contribution in [-0.4, -0.2) is 28.0 Å². The van der Waals surface area contributed by atoms with Gasteiger partial charge in [-0.05, 0) is 25.1 Å². The second kappa shape index (κ2) is 7.01. The molecule has 0 aromatic rings. The first kappa shape index (κ1) is 14.6. The van der Waals surface area contributed by atoms with E-state index in [1.54, 1.807) is 0 Å². The average Bonchev–Trinajstić information content (AvgIpc) is 2.30. The number of ether oxygens (including phenoxy) is 1. The Bertz CT molecular complexity index is 182. The van der Waals surface area contributed by atoms with Crippen molar-refractivity contribution in [1.29, 1.82) is 0 Å². The van der Waals surface area contributed by atoms with E-state index in [9.17, 15) is 4.79 Å². The van der Waals surface area contributed by atoms with Crippen molar-refractivity contribution < 1.29 is 14.0 Å². The highest BCUT2D eigenvalue weighted by Gasteiger charge is 2.30. The summed E-state index contributed by atoms with van der Waals surface area (Å²) in [5.41, 5.74) is 0. The van der Waals surface area contributed by atoms with E-state index < -0.39 is 8.32 Å². The molecule has 0 N–H and O–H groups in total. The Morgan fingerprint density at radius 1 is 1.20 bits per heavy atom. The van der Waals surface area contributed by atoms with Gasteiger partial charge in [0.1, 0.15) is 0 Å². The van der Waals surface area contributed by atoms with Gasteiger partial charge >= 0.3 is 5.97 Å². The van der Waals surface area contributed by atoms with Crippen molar-refractivity contribution in [2.24, 2.45) is 5.92 Å². The van der Waals surface area contributed by atoms with Crippen LogP contribution in [0.5, 0.6) is 0 Å². The second-order valence-corrected chi connectivity index (χ2v) is 8.75. The number of esters is 1. The Kier molecular flexibility index (Phi) is 6.84. The smallest absolute Gasteiger partial charge is 0.310 e. The molecule has 0 rings (SSSR count). The minimum Gasteiger partial charge on any atom is -0.469 e. The quantitative estimate of drug-likeness (QED) is 0.500. The number of methoxy groups -OCH3 is 1. The lowest BCUT2D eigenvalue weighted by Gasteiger charge is -2.29. The molecule has 90 valence electrons. The summed E-state index contributed by atoms with van der Waals surface area (Å²) in [4.78, 5) is 11.2. The maximum Gasteiger partial charge on any atom is 0.310 e. The van der Waals surface area contributed by atoms with Gasteiger partial charge in [0.25, 0.3) is 0 Å². The van der Waals surface area contributed by atoms with E-state index in [2.05, 4.69) is 25.5 Å². The summed E-state index contributed by atoms with van der Waals surface area (Å²) in [6.45, 7) is 8.91. The molecule has 0 saturated heterocycles. The number of carbonyl (C=O) groups is 1. The molecule has 0 aromatic heterocycles. The number of rotatable bonds is 7. The first-order valence-corrected chi connectivity index (χ1v) is 8.30. The first-order valence-electron chi connectivity index (χ1n) is 5.77. The molecule has 0 radical (unpaired) electrons. The Hall–Kier alpha value is -0.353. The van der Waals surface area contributed by atoms with Gasteiger partial charge in [-0.15, -0.1) is 0 Å². The summed E-state index contributed by atoms with van der Waals surface area (Å²) in [7, 11) is -0.127. The van der Waals surface area contributed by atoms with Crippen molar-refractivity contribution in [1.82, 2.24) is 0 Å². The maximum atomic E-state index is 11.2. The normalized spacial score (nSPS) is 13.7. The van der Waals surface area contributed by atoms with Gasteiger partial charge in [-0.25, -0.2) is 0 Å². The Morgan fingerprint density at radius 2 is 1.67 bits per heavy atom. The minimum atomic E-state index is -1.55. The molecule has 0 heterocycles. The van der Waals surface area contributed by atoms with Crippen LogP contribution in [-0.2, 0) is 14.0 Å². The van der Waals surface area contributed by atoms with Crippen LogP contribution in [0, 0.1) is 5.92 Å². The molecule has 0 unspecified atom stereocenters. The summed E-state index contributed by atoms with van der Waals surface area (Å²) in [6, 6.07) is 3.36. The van der Waals surface area contributed by atoms with Crippen LogP contribution in [0.2, 0.25) is 18.1 Å². The summed E-state index contributed by atoms with van der Waals surface area (Å²) in [5, 5.41) is 0. The standard InChI is InChI=1S/C11H24O3Si/c1-6-15(7-2,8-3)14-9-10(4)11(12)13-5/h10H,6-9H2,1-5H3/t10-/m1/s1. The fraction of sp³-hybridized carbons (Fsp3) is 0.909.